The maximum absolute atomic E-state index is 12.8. The van der Waals surface area contributed by atoms with Gasteiger partial charge >= 0.3 is 0 Å². The lowest BCUT2D eigenvalue weighted by molar-refractivity contribution is -1.01. The van der Waals surface area contributed by atoms with E-state index in [-0.39, 0.29) is 24.3 Å². The first-order chi connectivity index (χ1) is 14.1. The molecule has 3 rings (SSSR count). The van der Waals surface area contributed by atoms with Gasteiger partial charge in [0.05, 0.1) is 38.3 Å². The van der Waals surface area contributed by atoms with Crippen molar-refractivity contribution in [2.24, 2.45) is 0 Å². The molecule has 7 nitrogen and oxygen atoms in total. The Morgan fingerprint density at radius 3 is 2.41 bits per heavy atom. The SMILES string of the molecule is CCCOc1ccc(N2C(=O)C[C@@H]([NH2+]CCC[NH+]3CC[NH+](CC)CC3)C2=O)cc1. The quantitative estimate of drug-likeness (QED) is 0.308. The molecule has 1 aromatic carbocycles. The number of hydrogen-bond acceptors (Lipinski definition) is 3. The van der Waals surface area contributed by atoms with Crippen molar-refractivity contribution in [2.45, 2.75) is 39.2 Å². The molecule has 29 heavy (non-hydrogen) atoms. The average molecular weight is 406 g/mol. The lowest BCUT2D eigenvalue weighted by Gasteiger charge is -2.28. The number of rotatable bonds is 10. The highest BCUT2D eigenvalue weighted by molar-refractivity contribution is 6.21. The zero-order valence-electron chi connectivity index (χ0n) is 17.9. The minimum absolute atomic E-state index is 0.0928. The Morgan fingerprint density at radius 1 is 1.07 bits per heavy atom. The summed E-state index contributed by atoms with van der Waals surface area (Å²) in [4.78, 5) is 29.9. The number of anilines is 1. The van der Waals surface area contributed by atoms with E-state index >= 15 is 0 Å². The van der Waals surface area contributed by atoms with E-state index < -0.39 is 0 Å². The summed E-state index contributed by atoms with van der Waals surface area (Å²) in [6.45, 7) is 13.3. The number of carbonyl (C=O) groups is 2. The highest BCUT2D eigenvalue weighted by Crippen LogP contribution is 2.24. The Balaban J connectivity index is 1.43. The molecular formula is C22H37N4O3+3. The molecule has 0 aliphatic carbocycles. The van der Waals surface area contributed by atoms with Crippen LogP contribution in [-0.4, -0.2) is 70.3 Å². The lowest BCUT2D eigenvalue weighted by atomic mass is 10.2. The zero-order chi connectivity index (χ0) is 20.6. The molecule has 0 unspecified atom stereocenters. The molecular weight excluding hydrogens is 368 g/mol. The van der Waals surface area contributed by atoms with Crippen LogP contribution < -0.4 is 24.8 Å². The molecule has 0 saturated carbocycles. The minimum atomic E-state index is -0.282. The zero-order valence-corrected chi connectivity index (χ0v) is 17.9. The van der Waals surface area contributed by atoms with E-state index in [2.05, 4.69) is 19.2 Å². The molecule has 0 aromatic heterocycles. The minimum Gasteiger partial charge on any atom is -0.494 e. The number of imide groups is 1. The summed E-state index contributed by atoms with van der Waals surface area (Å²) < 4.78 is 5.58. The first-order valence-corrected chi connectivity index (χ1v) is 11.2. The maximum Gasteiger partial charge on any atom is 0.292 e. The van der Waals surface area contributed by atoms with Crippen molar-refractivity contribution in [3.05, 3.63) is 24.3 Å². The predicted molar refractivity (Wildman–Crippen MR) is 111 cm³/mol. The molecule has 2 heterocycles. The summed E-state index contributed by atoms with van der Waals surface area (Å²) in [6, 6.07) is 6.96. The van der Waals surface area contributed by atoms with Crippen molar-refractivity contribution in [1.29, 1.82) is 0 Å². The predicted octanol–water partition coefficient (Wildman–Crippen LogP) is -2.14. The van der Waals surface area contributed by atoms with Gasteiger partial charge in [-0.15, -0.1) is 0 Å². The molecule has 4 N–H and O–H groups in total. The van der Waals surface area contributed by atoms with Crippen molar-refractivity contribution < 1.29 is 29.4 Å². The molecule has 2 fully saturated rings. The van der Waals surface area contributed by atoms with Crippen LogP contribution in [0.25, 0.3) is 0 Å². The van der Waals surface area contributed by atoms with Crippen LogP contribution in [0.1, 0.15) is 33.1 Å². The maximum atomic E-state index is 12.8. The first-order valence-electron chi connectivity index (χ1n) is 11.2. The fourth-order valence-electron chi connectivity index (χ4n) is 4.25. The number of nitrogens with one attached hydrogen (secondary N) is 2. The molecule has 2 aliphatic heterocycles. The van der Waals surface area contributed by atoms with Gasteiger partial charge in [0, 0.05) is 6.42 Å². The lowest BCUT2D eigenvalue weighted by Crippen LogP contribution is -3.28. The second-order valence-electron chi connectivity index (χ2n) is 8.20. The molecule has 0 radical (unpaired) electrons. The third-order valence-electron chi connectivity index (χ3n) is 6.10. The molecule has 2 amide bonds. The topological polar surface area (TPSA) is 72.1 Å². The number of benzene rings is 1. The molecule has 1 aromatic rings. The number of nitrogens with two attached hydrogens (primary N) is 1. The van der Waals surface area contributed by atoms with Crippen LogP contribution in [0.5, 0.6) is 5.75 Å². The van der Waals surface area contributed by atoms with Crippen LogP contribution >= 0.6 is 0 Å². The van der Waals surface area contributed by atoms with E-state index in [4.69, 9.17) is 4.74 Å². The summed E-state index contributed by atoms with van der Waals surface area (Å²) >= 11 is 0. The number of amides is 2. The Hall–Kier alpha value is -1.96. The van der Waals surface area contributed by atoms with Crippen molar-refractivity contribution >= 4 is 17.5 Å². The van der Waals surface area contributed by atoms with Crippen molar-refractivity contribution in [3.63, 3.8) is 0 Å². The van der Waals surface area contributed by atoms with Crippen LogP contribution in [0.3, 0.4) is 0 Å². The van der Waals surface area contributed by atoms with Gasteiger partial charge in [0.25, 0.3) is 5.91 Å². The van der Waals surface area contributed by atoms with Crippen LogP contribution in [0, 0.1) is 0 Å². The van der Waals surface area contributed by atoms with Gasteiger partial charge in [-0.3, -0.25) is 9.59 Å². The summed E-state index contributed by atoms with van der Waals surface area (Å²) in [5, 5.41) is 2.06. The second-order valence-corrected chi connectivity index (χ2v) is 8.20. The van der Waals surface area contributed by atoms with E-state index in [1.54, 1.807) is 21.9 Å². The van der Waals surface area contributed by atoms with E-state index in [0.29, 0.717) is 12.3 Å². The monoisotopic (exact) mass is 405 g/mol. The molecule has 0 bridgehead atoms. The van der Waals surface area contributed by atoms with E-state index in [9.17, 15) is 9.59 Å². The normalized spacial score (nSPS) is 24.9. The van der Waals surface area contributed by atoms with Gasteiger partial charge in [-0.2, -0.15) is 0 Å². The molecule has 160 valence electrons. The Kier molecular flexibility index (Phi) is 8.03. The number of piperazine rings is 1. The Morgan fingerprint density at radius 2 is 1.76 bits per heavy atom. The average Bonchev–Trinajstić information content (AvgIpc) is 3.03. The van der Waals surface area contributed by atoms with Crippen LogP contribution in [0.15, 0.2) is 24.3 Å². The largest absolute Gasteiger partial charge is 0.494 e. The van der Waals surface area contributed by atoms with Gasteiger partial charge in [0.15, 0.2) is 6.04 Å². The van der Waals surface area contributed by atoms with Gasteiger partial charge in [0.1, 0.15) is 31.9 Å². The van der Waals surface area contributed by atoms with Crippen LogP contribution in [0.4, 0.5) is 5.69 Å². The molecule has 2 aliphatic rings. The molecule has 2 saturated heterocycles. The van der Waals surface area contributed by atoms with Gasteiger partial charge in [-0.05, 0) is 37.6 Å². The van der Waals surface area contributed by atoms with E-state index in [1.807, 2.05) is 12.1 Å². The van der Waals surface area contributed by atoms with E-state index in [0.717, 1.165) is 31.7 Å². The summed E-state index contributed by atoms with van der Waals surface area (Å²) in [7, 11) is 0. The standard InChI is InChI=1S/C22H34N4O3/c1-3-16-29-19-8-6-18(7-9-19)26-21(27)17-20(22(26)28)23-10-5-11-25-14-12-24(4-2)13-15-25/h6-9,20,23H,3-5,10-17H2,1-2H3/p+3/t20-/m1/s1. The first kappa shape index (κ1) is 21.7. The van der Waals surface area contributed by atoms with Gasteiger partial charge in [0.2, 0.25) is 5.91 Å². The Bertz CT molecular complexity index is 671. The van der Waals surface area contributed by atoms with Crippen molar-refractivity contribution in [1.82, 2.24) is 0 Å². The summed E-state index contributed by atoms with van der Waals surface area (Å²) in [5.74, 6) is 0.564. The fourth-order valence-corrected chi connectivity index (χ4v) is 4.25. The van der Waals surface area contributed by atoms with Gasteiger partial charge < -0.3 is 19.9 Å². The van der Waals surface area contributed by atoms with E-state index in [1.165, 1.54) is 37.6 Å². The number of quaternary nitrogens is 3. The van der Waals surface area contributed by atoms with Gasteiger partial charge in [-0.25, -0.2) is 4.90 Å². The molecule has 0 spiro atoms. The third-order valence-corrected chi connectivity index (χ3v) is 6.10. The summed E-state index contributed by atoms with van der Waals surface area (Å²) in [5.41, 5.74) is 0.639. The third kappa shape index (κ3) is 5.78. The number of nitrogens with zero attached hydrogens (tertiary/aromatic N) is 1. The van der Waals surface area contributed by atoms with Crippen molar-refractivity contribution in [3.8, 4) is 5.75 Å². The number of carbonyl (C=O) groups excluding carboxylic acids is 2. The number of hydrogen-bond donors (Lipinski definition) is 3. The molecule has 1 atom stereocenters. The second kappa shape index (κ2) is 10.7. The van der Waals surface area contributed by atoms with Crippen LogP contribution in [-0.2, 0) is 9.59 Å². The highest BCUT2D eigenvalue weighted by atomic mass is 16.5. The number of ether oxygens (including phenoxy) is 1. The number of likely N-dealkylation sites (N-methyl/N-ethyl adjacent to an activating group) is 1. The highest BCUT2D eigenvalue weighted by Gasteiger charge is 2.42. The van der Waals surface area contributed by atoms with Crippen molar-refractivity contribution in [2.75, 3.05) is 57.3 Å². The summed E-state index contributed by atoms with van der Waals surface area (Å²) in [6.07, 6.45) is 2.32. The fraction of sp³-hybridized carbons (Fsp3) is 0.636. The van der Waals surface area contributed by atoms with Crippen LogP contribution in [0.2, 0.25) is 0 Å². The van der Waals surface area contributed by atoms with Gasteiger partial charge in [-0.1, -0.05) is 6.92 Å². The Labute approximate surface area is 174 Å². The smallest absolute Gasteiger partial charge is 0.292 e. The molecule has 7 heteroatoms.